The van der Waals surface area contributed by atoms with Crippen LogP contribution in [0.4, 0.5) is 0 Å². The molecule has 0 saturated carbocycles. The van der Waals surface area contributed by atoms with Crippen molar-refractivity contribution in [1.82, 2.24) is 0 Å². The minimum absolute atomic E-state index is 0.00843. The minimum atomic E-state index is -0.00843. The summed E-state index contributed by atoms with van der Waals surface area (Å²) in [6, 6.07) is 0. The van der Waals surface area contributed by atoms with Crippen molar-refractivity contribution < 1.29 is 4.79 Å². The third-order valence-electron chi connectivity index (χ3n) is 1.45. The molecule has 0 amide bonds. The lowest BCUT2D eigenvalue weighted by Crippen LogP contribution is -2.12. The summed E-state index contributed by atoms with van der Waals surface area (Å²) in [5.74, 6) is 0.0331. The van der Waals surface area contributed by atoms with Crippen molar-refractivity contribution in [2.75, 3.05) is 6.54 Å². The number of Topliss-reactive ketones (excluding diaryl/α,β-unsaturated/α-hetero) is 1. The van der Waals surface area contributed by atoms with E-state index in [2.05, 4.69) is 10.0 Å². The van der Waals surface area contributed by atoms with Crippen LogP contribution in [0.5, 0.6) is 0 Å². The highest BCUT2D eigenvalue weighted by atomic mass is 16.1. The van der Waals surface area contributed by atoms with Gasteiger partial charge >= 0.3 is 0 Å². The number of carbonyl (C=O) groups excluding carboxylic acids is 1. The summed E-state index contributed by atoms with van der Waals surface area (Å²) in [6.07, 6.45) is 0.805. The SMILES string of the molecule is CCC(C)C(=O)CN=[N+]=[N-]. The lowest BCUT2D eigenvalue weighted by Gasteiger charge is -2.02. The van der Waals surface area contributed by atoms with Crippen molar-refractivity contribution in [2.24, 2.45) is 11.0 Å². The maximum absolute atomic E-state index is 10.9. The first-order valence-corrected chi connectivity index (χ1v) is 3.26. The van der Waals surface area contributed by atoms with Crippen LogP contribution >= 0.6 is 0 Å². The normalized spacial score (nSPS) is 11.8. The Labute approximate surface area is 59.9 Å². The molecule has 0 aliphatic rings. The van der Waals surface area contributed by atoms with Gasteiger partial charge in [0.15, 0.2) is 0 Å². The van der Waals surface area contributed by atoms with E-state index in [-0.39, 0.29) is 18.2 Å². The van der Waals surface area contributed by atoms with E-state index in [0.29, 0.717) is 0 Å². The molecule has 10 heavy (non-hydrogen) atoms. The molecule has 0 saturated heterocycles. The Hall–Kier alpha value is -1.02. The number of hydrogen-bond acceptors (Lipinski definition) is 2. The number of nitrogens with zero attached hydrogens (tertiary/aromatic N) is 3. The van der Waals surface area contributed by atoms with Gasteiger partial charge in [-0.3, -0.25) is 4.79 Å². The van der Waals surface area contributed by atoms with E-state index >= 15 is 0 Å². The van der Waals surface area contributed by atoms with E-state index in [0.717, 1.165) is 6.42 Å². The molecule has 1 atom stereocenters. The van der Waals surface area contributed by atoms with Crippen LogP contribution in [0.15, 0.2) is 5.11 Å². The van der Waals surface area contributed by atoms with Gasteiger partial charge in [-0.25, -0.2) is 0 Å². The van der Waals surface area contributed by atoms with Gasteiger partial charge in [-0.1, -0.05) is 19.0 Å². The van der Waals surface area contributed by atoms with Crippen LogP contribution in [0.2, 0.25) is 0 Å². The fraction of sp³-hybridized carbons (Fsp3) is 0.833. The first-order chi connectivity index (χ1) is 4.72. The molecule has 4 nitrogen and oxygen atoms in total. The highest BCUT2D eigenvalue weighted by Crippen LogP contribution is 2.01. The number of rotatable bonds is 4. The Morgan fingerprint density at radius 1 is 1.80 bits per heavy atom. The van der Waals surface area contributed by atoms with Crippen LogP contribution in [0.1, 0.15) is 20.3 Å². The summed E-state index contributed by atoms with van der Waals surface area (Å²) in [5, 5.41) is 3.17. The van der Waals surface area contributed by atoms with Gasteiger partial charge < -0.3 is 0 Å². The molecule has 4 heteroatoms. The van der Waals surface area contributed by atoms with Crippen molar-refractivity contribution in [3.63, 3.8) is 0 Å². The van der Waals surface area contributed by atoms with Crippen LogP contribution in [0, 0.1) is 5.92 Å². The second kappa shape index (κ2) is 4.82. The fourth-order valence-corrected chi connectivity index (χ4v) is 0.485. The molecule has 0 heterocycles. The minimum Gasteiger partial charge on any atom is -0.299 e. The van der Waals surface area contributed by atoms with Crippen molar-refractivity contribution in [3.8, 4) is 0 Å². The molecule has 0 aromatic rings. The number of hydrogen-bond donors (Lipinski definition) is 0. The zero-order valence-corrected chi connectivity index (χ0v) is 6.24. The van der Waals surface area contributed by atoms with Gasteiger partial charge in [0.25, 0.3) is 0 Å². The quantitative estimate of drug-likeness (QED) is 0.335. The van der Waals surface area contributed by atoms with Gasteiger partial charge in [0.2, 0.25) is 0 Å². The topological polar surface area (TPSA) is 65.8 Å². The molecule has 0 bridgehead atoms. The maximum atomic E-state index is 10.9. The molecule has 0 aliphatic heterocycles. The highest BCUT2D eigenvalue weighted by Gasteiger charge is 2.07. The van der Waals surface area contributed by atoms with Crippen LogP contribution in [-0.2, 0) is 4.79 Å². The van der Waals surface area contributed by atoms with Crippen LogP contribution in [-0.4, -0.2) is 12.3 Å². The van der Waals surface area contributed by atoms with Crippen LogP contribution in [0.25, 0.3) is 10.4 Å². The Morgan fingerprint density at radius 2 is 2.40 bits per heavy atom. The summed E-state index contributed by atoms with van der Waals surface area (Å²) in [4.78, 5) is 13.4. The van der Waals surface area contributed by atoms with Crippen LogP contribution in [0.3, 0.4) is 0 Å². The van der Waals surface area contributed by atoms with Gasteiger partial charge in [0.1, 0.15) is 5.78 Å². The number of ketones is 1. The Kier molecular flexibility index (Phi) is 4.33. The Balaban J connectivity index is 3.72. The summed E-state index contributed by atoms with van der Waals surface area (Å²) >= 11 is 0. The molecule has 0 N–H and O–H groups in total. The molecule has 0 rings (SSSR count). The molecule has 56 valence electrons. The molecule has 0 aromatic carbocycles. The number of carbonyl (C=O) groups is 1. The lowest BCUT2D eigenvalue weighted by atomic mass is 10.0. The largest absolute Gasteiger partial charge is 0.299 e. The summed E-state index contributed by atoms with van der Waals surface area (Å²) in [7, 11) is 0. The molecule has 0 radical (unpaired) electrons. The standard InChI is InChI=1S/C6H11N3O/c1-3-5(2)6(10)4-8-9-7/h5H,3-4H2,1-2H3. The predicted octanol–water partition coefficient (Wildman–Crippen LogP) is 1.91. The predicted molar refractivity (Wildman–Crippen MR) is 38.5 cm³/mol. The van der Waals surface area contributed by atoms with Gasteiger partial charge in [0, 0.05) is 10.8 Å². The monoisotopic (exact) mass is 141 g/mol. The highest BCUT2D eigenvalue weighted by molar-refractivity contribution is 5.82. The zero-order valence-electron chi connectivity index (χ0n) is 6.24. The molecule has 0 fully saturated rings. The van der Waals surface area contributed by atoms with Gasteiger partial charge in [-0.2, -0.15) is 0 Å². The molecule has 0 spiro atoms. The third-order valence-corrected chi connectivity index (χ3v) is 1.45. The van der Waals surface area contributed by atoms with E-state index in [1.54, 1.807) is 0 Å². The van der Waals surface area contributed by atoms with Gasteiger partial charge in [-0.15, -0.1) is 0 Å². The first kappa shape index (κ1) is 8.98. The van der Waals surface area contributed by atoms with Gasteiger partial charge in [-0.05, 0) is 12.0 Å². The van der Waals surface area contributed by atoms with E-state index in [1.165, 1.54) is 0 Å². The van der Waals surface area contributed by atoms with Crippen molar-refractivity contribution in [3.05, 3.63) is 10.4 Å². The van der Waals surface area contributed by atoms with E-state index < -0.39 is 0 Å². The summed E-state index contributed by atoms with van der Waals surface area (Å²) in [5.41, 5.74) is 7.88. The molecule has 0 aliphatic carbocycles. The smallest absolute Gasteiger partial charge is 0.141 e. The molecule has 0 aromatic heterocycles. The Bertz CT molecular complexity index is 160. The summed E-state index contributed by atoms with van der Waals surface area (Å²) in [6.45, 7) is 3.75. The third kappa shape index (κ3) is 3.10. The van der Waals surface area contributed by atoms with Crippen molar-refractivity contribution in [1.29, 1.82) is 0 Å². The molecular formula is C6H11N3O. The molecular weight excluding hydrogens is 130 g/mol. The van der Waals surface area contributed by atoms with E-state index in [1.807, 2.05) is 13.8 Å². The maximum Gasteiger partial charge on any atom is 0.141 e. The Morgan fingerprint density at radius 3 is 2.80 bits per heavy atom. The average molecular weight is 141 g/mol. The van der Waals surface area contributed by atoms with Crippen LogP contribution < -0.4 is 0 Å². The first-order valence-electron chi connectivity index (χ1n) is 3.26. The number of azide groups is 1. The fourth-order valence-electron chi connectivity index (χ4n) is 0.485. The van der Waals surface area contributed by atoms with E-state index in [9.17, 15) is 4.79 Å². The lowest BCUT2D eigenvalue weighted by molar-refractivity contribution is -0.121. The van der Waals surface area contributed by atoms with E-state index in [4.69, 9.17) is 5.53 Å². The van der Waals surface area contributed by atoms with Crippen molar-refractivity contribution in [2.45, 2.75) is 20.3 Å². The summed E-state index contributed by atoms with van der Waals surface area (Å²) < 4.78 is 0. The van der Waals surface area contributed by atoms with Gasteiger partial charge in [0.05, 0.1) is 6.54 Å². The second-order valence-corrected chi connectivity index (χ2v) is 2.16. The average Bonchev–Trinajstić information content (AvgIpc) is 1.98. The zero-order chi connectivity index (χ0) is 7.98. The second-order valence-electron chi connectivity index (χ2n) is 2.16. The molecule has 1 unspecified atom stereocenters. The van der Waals surface area contributed by atoms with Crippen molar-refractivity contribution >= 4 is 5.78 Å².